The minimum Gasteiger partial charge on any atom is -0.478 e. The molecule has 0 bridgehead atoms. The van der Waals surface area contributed by atoms with Crippen LogP contribution < -0.4 is 4.74 Å². The van der Waals surface area contributed by atoms with Crippen LogP contribution in [0.5, 0.6) is 5.88 Å². The largest absolute Gasteiger partial charge is 0.574 e. The maximum atomic E-state index is 12.6. The summed E-state index contributed by atoms with van der Waals surface area (Å²) < 4.78 is 63.9. The van der Waals surface area contributed by atoms with E-state index in [1.165, 1.54) is 22.6 Å². The predicted molar refractivity (Wildman–Crippen MR) is 55.6 cm³/mol. The molecular weight excluding hydrogens is 380 g/mol. The van der Waals surface area contributed by atoms with E-state index in [9.17, 15) is 26.7 Å². The first kappa shape index (κ1) is 14.9. The zero-order chi connectivity index (χ0) is 14.1. The third-order valence-electron chi connectivity index (χ3n) is 1.68. The number of nitrogens with zero attached hydrogens (tertiary/aromatic N) is 1. The molecule has 0 atom stereocenters. The van der Waals surface area contributed by atoms with Gasteiger partial charge < -0.3 is 9.84 Å². The van der Waals surface area contributed by atoms with Gasteiger partial charge in [-0.2, -0.15) is 0 Å². The number of hydrogen-bond acceptors (Lipinski definition) is 3. The highest BCUT2D eigenvalue weighted by atomic mass is 127. The summed E-state index contributed by atoms with van der Waals surface area (Å²) in [5.74, 6) is -2.93. The van der Waals surface area contributed by atoms with Gasteiger partial charge in [0.25, 0.3) is 6.43 Å². The fourth-order valence-corrected chi connectivity index (χ4v) is 1.85. The summed E-state index contributed by atoms with van der Waals surface area (Å²) in [5, 5.41) is 8.64. The summed E-state index contributed by atoms with van der Waals surface area (Å²) in [7, 11) is 0. The van der Waals surface area contributed by atoms with Crippen LogP contribution in [0.25, 0.3) is 0 Å². The number of rotatable bonds is 3. The zero-order valence-electron chi connectivity index (χ0n) is 8.13. The van der Waals surface area contributed by atoms with Crippen LogP contribution in [0, 0.1) is 3.57 Å². The Morgan fingerprint density at radius 2 is 2.00 bits per heavy atom. The molecule has 0 unspecified atom stereocenters. The Labute approximate surface area is 110 Å². The number of carbonyl (C=O) groups is 1. The second-order valence-electron chi connectivity index (χ2n) is 2.86. The van der Waals surface area contributed by atoms with Gasteiger partial charge in [-0.15, -0.1) is 13.2 Å². The zero-order valence-corrected chi connectivity index (χ0v) is 10.3. The van der Waals surface area contributed by atoms with Crippen LogP contribution in [0.15, 0.2) is 6.20 Å². The van der Waals surface area contributed by atoms with Crippen LogP contribution in [-0.4, -0.2) is 22.4 Å². The van der Waals surface area contributed by atoms with Gasteiger partial charge in [0.05, 0.1) is 11.1 Å². The highest BCUT2D eigenvalue weighted by Crippen LogP contribution is 2.35. The van der Waals surface area contributed by atoms with Gasteiger partial charge in [0, 0.05) is 9.77 Å². The van der Waals surface area contributed by atoms with Crippen molar-refractivity contribution in [2.24, 2.45) is 0 Å². The van der Waals surface area contributed by atoms with Gasteiger partial charge >= 0.3 is 12.3 Å². The molecule has 0 fully saturated rings. The third-order valence-corrected chi connectivity index (χ3v) is 2.84. The fraction of sp³-hybridized carbons (Fsp3) is 0.250. The molecular formula is C8H3F5INO3. The van der Waals surface area contributed by atoms with Crippen molar-refractivity contribution in [2.45, 2.75) is 12.8 Å². The maximum absolute atomic E-state index is 12.6. The van der Waals surface area contributed by atoms with E-state index in [4.69, 9.17) is 5.11 Å². The topological polar surface area (TPSA) is 59.4 Å². The SMILES string of the molecule is O=C(O)c1cnc(OC(F)(F)F)c(C(F)F)c1I. The summed E-state index contributed by atoms with van der Waals surface area (Å²) in [6.45, 7) is 0. The lowest BCUT2D eigenvalue weighted by molar-refractivity contribution is -0.276. The minimum absolute atomic E-state index is 0.525. The molecule has 18 heavy (non-hydrogen) atoms. The molecule has 10 heteroatoms. The molecule has 4 nitrogen and oxygen atoms in total. The van der Waals surface area contributed by atoms with Crippen molar-refractivity contribution < 1.29 is 36.6 Å². The van der Waals surface area contributed by atoms with E-state index in [1.807, 2.05) is 0 Å². The van der Waals surface area contributed by atoms with E-state index in [0.29, 0.717) is 6.20 Å². The lowest BCUT2D eigenvalue weighted by Crippen LogP contribution is -2.20. The Morgan fingerprint density at radius 1 is 1.44 bits per heavy atom. The van der Waals surface area contributed by atoms with Crippen LogP contribution in [0.3, 0.4) is 0 Å². The molecule has 0 saturated carbocycles. The van der Waals surface area contributed by atoms with E-state index in [-0.39, 0.29) is 0 Å². The number of carboxylic acids is 1. The number of ether oxygens (including phenoxy) is 1. The molecule has 0 aliphatic rings. The van der Waals surface area contributed by atoms with E-state index in [0.717, 1.165) is 0 Å². The van der Waals surface area contributed by atoms with Crippen molar-refractivity contribution >= 4 is 28.6 Å². The Hall–Kier alpha value is -1.20. The molecule has 0 amide bonds. The summed E-state index contributed by atoms with van der Waals surface area (Å²) in [4.78, 5) is 13.6. The first-order valence-electron chi connectivity index (χ1n) is 4.09. The molecule has 0 aliphatic heterocycles. The molecule has 1 aromatic rings. The number of hydrogen-bond donors (Lipinski definition) is 1. The lowest BCUT2D eigenvalue weighted by Gasteiger charge is -2.13. The number of halogens is 6. The van der Waals surface area contributed by atoms with Crippen molar-refractivity contribution in [1.82, 2.24) is 4.98 Å². The molecule has 0 saturated heterocycles. The number of alkyl halides is 5. The molecule has 1 aromatic heterocycles. The smallest absolute Gasteiger partial charge is 0.478 e. The highest BCUT2D eigenvalue weighted by molar-refractivity contribution is 14.1. The van der Waals surface area contributed by atoms with Gasteiger partial charge in [0.15, 0.2) is 0 Å². The number of aromatic carboxylic acids is 1. The number of pyridine rings is 1. The monoisotopic (exact) mass is 383 g/mol. The van der Waals surface area contributed by atoms with Crippen LogP contribution in [0.4, 0.5) is 22.0 Å². The number of carboxylic acid groups (broad SMARTS) is 1. The van der Waals surface area contributed by atoms with Crippen molar-refractivity contribution in [1.29, 1.82) is 0 Å². The molecule has 0 aromatic carbocycles. The van der Waals surface area contributed by atoms with E-state index >= 15 is 0 Å². The molecule has 1 rings (SSSR count). The van der Waals surface area contributed by atoms with E-state index < -0.39 is 39.3 Å². The van der Waals surface area contributed by atoms with Crippen molar-refractivity contribution in [3.8, 4) is 5.88 Å². The third kappa shape index (κ3) is 3.40. The Balaban J connectivity index is 3.37. The van der Waals surface area contributed by atoms with Gasteiger partial charge in [0.2, 0.25) is 5.88 Å². The minimum atomic E-state index is -5.19. The highest BCUT2D eigenvalue weighted by Gasteiger charge is 2.35. The molecule has 0 spiro atoms. The summed E-state index contributed by atoms with van der Waals surface area (Å²) in [6, 6.07) is 0. The number of aromatic nitrogens is 1. The first-order valence-corrected chi connectivity index (χ1v) is 5.17. The lowest BCUT2D eigenvalue weighted by atomic mass is 10.2. The van der Waals surface area contributed by atoms with Crippen LogP contribution >= 0.6 is 22.6 Å². The fourth-order valence-electron chi connectivity index (χ4n) is 1.02. The van der Waals surface area contributed by atoms with Crippen LogP contribution in [-0.2, 0) is 0 Å². The van der Waals surface area contributed by atoms with Crippen LogP contribution in [0.1, 0.15) is 22.3 Å². The molecule has 0 radical (unpaired) electrons. The second kappa shape index (κ2) is 5.20. The predicted octanol–water partition coefficient (Wildman–Crippen LogP) is 3.22. The van der Waals surface area contributed by atoms with Gasteiger partial charge in [0.1, 0.15) is 0 Å². The Bertz CT molecular complexity index is 477. The molecule has 0 aliphatic carbocycles. The average Bonchev–Trinajstić information content (AvgIpc) is 2.13. The van der Waals surface area contributed by atoms with Crippen molar-refractivity contribution in [3.63, 3.8) is 0 Å². The van der Waals surface area contributed by atoms with Gasteiger partial charge in [-0.3, -0.25) is 0 Å². The van der Waals surface area contributed by atoms with Gasteiger partial charge in [-0.05, 0) is 22.6 Å². The normalized spacial score (nSPS) is 11.7. The maximum Gasteiger partial charge on any atom is 0.574 e. The van der Waals surface area contributed by atoms with Crippen molar-refractivity contribution in [2.75, 3.05) is 0 Å². The van der Waals surface area contributed by atoms with E-state index in [2.05, 4.69) is 9.72 Å². The summed E-state index contributed by atoms with van der Waals surface area (Å²) in [6.07, 6.45) is -8.01. The quantitative estimate of drug-likeness (QED) is 0.644. The molecule has 1 heterocycles. The molecule has 1 N–H and O–H groups in total. The average molecular weight is 383 g/mol. The summed E-state index contributed by atoms with van der Waals surface area (Å²) in [5.41, 5.74) is -1.83. The van der Waals surface area contributed by atoms with Crippen molar-refractivity contribution in [3.05, 3.63) is 20.9 Å². The molecule has 100 valence electrons. The first-order chi connectivity index (χ1) is 8.13. The van der Waals surface area contributed by atoms with Crippen LogP contribution in [0.2, 0.25) is 0 Å². The van der Waals surface area contributed by atoms with E-state index in [1.54, 1.807) is 0 Å². The van der Waals surface area contributed by atoms with Gasteiger partial charge in [-0.1, -0.05) is 0 Å². The second-order valence-corrected chi connectivity index (χ2v) is 3.94. The summed E-state index contributed by atoms with van der Waals surface area (Å²) >= 11 is 1.20. The standard InChI is InChI=1S/C8H3F5INO3/c9-5(10)3-4(14)2(7(16)17)1-15-6(3)18-8(11,12)13/h1,5H,(H,16,17). The Morgan fingerprint density at radius 3 is 2.39 bits per heavy atom. The Kier molecular flexibility index (Phi) is 4.29. The van der Waals surface area contributed by atoms with Gasteiger partial charge in [-0.25, -0.2) is 18.6 Å².